The highest BCUT2D eigenvalue weighted by atomic mass is 16.5. The normalized spacial score (nSPS) is 19.2. The van der Waals surface area contributed by atoms with E-state index < -0.39 is 5.72 Å². The molecule has 0 fully saturated rings. The van der Waals surface area contributed by atoms with Crippen molar-refractivity contribution in [1.82, 2.24) is 4.90 Å². The number of benzene rings is 2. The lowest BCUT2D eigenvalue weighted by molar-refractivity contribution is -0.153. The Morgan fingerprint density at radius 2 is 1.41 bits per heavy atom. The van der Waals surface area contributed by atoms with E-state index in [0.717, 1.165) is 49.9 Å². The molecule has 3 nitrogen and oxygen atoms in total. The van der Waals surface area contributed by atoms with Crippen LogP contribution in [0, 0.1) is 0 Å². The van der Waals surface area contributed by atoms with Crippen molar-refractivity contribution in [3.05, 3.63) is 77.9 Å². The number of carbonyl (C=O) groups excluding carboxylic acids is 1. The van der Waals surface area contributed by atoms with Gasteiger partial charge in [-0.15, -0.1) is 0 Å². The molecule has 0 amide bonds. The summed E-state index contributed by atoms with van der Waals surface area (Å²) in [5.41, 5.74) is 0.788. The number of unbranched alkanes of at least 4 members (excludes halogenated alkanes) is 2. The zero-order chi connectivity index (χ0) is 19.1. The van der Waals surface area contributed by atoms with Crippen LogP contribution in [0.4, 0.5) is 0 Å². The van der Waals surface area contributed by atoms with Crippen LogP contribution in [0.15, 0.2) is 66.7 Å². The summed E-state index contributed by atoms with van der Waals surface area (Å²) in [4.78, 5) is 15.6. The van der Waals surface area contributed by atoms with E-state index in [2.05, 4.69) is 18.7 Å². The van der Waals surface area contributed by atoms with Gasteiger partial charge >= 0.3 is 0 Å². The minimum absolute atomic E-state index is 0.0137. The third-order valence-corrected chi connectivity index (χ3v) is 5.09. The summed E-state index contributed by atoms with van der Waals surface area (Å²) in [6.45, 7) is 6.04. The summed E-state index contributed by atoms with van der Waals surface area (Å²) in [5.74, 6) is 0.669. The second-order valence-electron chi connectivity index (χ2n) is 7.05. The number of carbonyl (C=O) groups is 1. The molecule has 1 aliphatic heterocycles. The zero-order valence-electron chi connectivity index (χ0n) is 16.4. The molecule has 3 rings (SSSR count). The van der Waals surface area contributed by atoms with E-state index in [0.29, 0.717) is 5.76 Å². The number of rotatable bonds is 9. The quantitative estimate of drug-likeness (QED) is 0.599. The van der Waals surface area contributed by atoms with E-state index in [9.17, 15) is 4.79 Å². The van der Waals surface area contributed by atoms with Crippen LogP contribution in [0.3, 0.4) is 0 Å². The Bertz CT molecular complexity index is 761. The number of ether oxygens (including phenoxy) is 1. The van der Waals surface area contributed by atoms with E-state index >= 15 is 0 Å². The highest BCUT2D eigenvalue weighted by Gasteiger charge is 2.51. The number of ketones is 1. The lowest BCUT2D eigenvalue weighted by Crippen LogP contribution is -2.51. The van der Waals surface area contributed by atoms with Gasteiger partial charge in [-0.2, -0.15) is 0 Å². The largest absolute Gasteiger partial charge is 0.460 e. The molecule has 142 valence electrons. The van der Waals surface area contributed by atoms with Crippen molar-refractivity contribution in [1.29, 1.82) is 0 Å². The smallest absolute Gasteiger partial charge is 0.253 e. The van der Waals surface area contributed by atoms with Crippen LogP contribution in [-0.4, -0.2) is 23.8 Å². The maximum atomic E-state index is 13.4. The van der Waals surface area contributed by atoms with Crippen LogP contribution in [0.2, 0.25) is 0 Å². The zero-order valence-corrected chi connectivity index (χ0v) is 16.4. The summed E-state index contributed by atoms with van der Waals surface area (Å²) in [6.07, 6.45) is 5.92. The fraction of sp³-hybridized carbons (Fsp3) is 0.375. The lowest BCUT2D eigenvalue weighted by Gasteiger charge is -2.40. The second kappa shape index (κ2) is 9.01. The molecular weight excluding hydrogens is 334 g/mol. The standard InChI is InChI=1S/C24H29NO2/c1-3-5-17-25(18-6-4-2)24(21-15-11-8-12-16-21)23(26)19-22(27-24)20-13-9-7-10-14-20/h7-16,19H,3-6,17-18H2,1-2H3/t24-/m0/s1. The summed E-state index contributed by atoms with van der Waals surface area (Å²) in [6, 6.07) is 19.8. The van der Waals surface area contributed by atoms with Gasteiger partial charge in [0.15, 0.2) is 0 Å². The van der Waals surface area contributed by atoms with Gasteiger partial charge in [0.25, 0.3) is 5.72 Å². The third-order valence-electron chi connectivity index (χ3n) is 5.09. The first-order chi connectivity index (χ1) is 13.2. The average Bonchev–Trinajstić information content (AvgIpc) is 3.07. The van der Waals surface area contributed by atoms with Crippen molar-refractivity contribution in [3.63, 3.8) is 0 Å². The molecule has 0 N–H and O–H groups in total. The molecular formula is C24H29NO2. The van der Waals surface area contributed by atoms with E-state index in [1.807, 2.05) is 60.7 Å². The first kappa shape index (κ1) is 19.4. The molecule has 27 heavy (non-hydrogen) atoms. The molecule has 2 aromatic carbocycles. The van der Waals surface area contributed by atoms with Crippen LogP contribution in [0.1, 0.15) is 50.7 Å². The molecule has 0 aliphatic carbocycles. The summed E-state index contributed by atoms with van der Waals surface area (Å²) < 4.78 is 6.53. The molecule has 2 aromatic rings. The molecule has 0 unspecified atom stereocenters. The number of nitrogens with zero attached hydrogens (tertiary/aromatic N) is 1. The number of hydrogen-bond donors (Lipinski definition) is 0. The maximum absolute atomic E-state index is 13.4. The van der Waals surface area contributed by atoms with E-state index in [-0.39, 0.29) is 5.78 Å². The minimum Gasteiger partial charge on any atom is -0.460 e. The van der Waals surface area contributed by atoms with Crippen LogP contribution in [0.5, 0.6) is 0 Å². The Labute approximate surface area is 162 Å². The lowest BCUT2D eigenvalue weighted by atomic mass is 9.96. The molecule has 1 atom stereocenters. The predicted octanol–water partition coefficient (Wildman–Crippen LogP) is 5.38. The van der Waals surface area contributed by atoms with Crippen molar-refractivity contribution in [3.8, 4) is 0 Å². The topological polar surface area (TPSA) is 29.5 Å². The van der Waals surface area contributed by atoms with Crippen LogP contribution < -0.4 is 0 Å². The van der Waals surface area contributed by atoms with Gasteiger partial charge in [0, 0.05) is 30.3 Å². The summed E-state index contributed by atoms with van der Waals surface area (Å²) in [7, 11) is 0. The third kappa shape index (κ3) is 3.98. The summed E-state index contributed by atoms with van der Waals surface area (Å²) >= 11 is 0. The van der Waals surface area contributed by atoms with Gasteiger partial charge in [-0.3, -0.25) is 9.69 Å². The van der Waals surface area contributed by atoms with Gasteiger partial charge in [-0.25, -0.2) is 0 Å². The van der Waals surface area contributed by atoms with Crippen molar-refractivity contribution >= 4 is 11.5 Å². The average molecular weight is 364 g/mol. The first-order valence-electron chi connectivity index (χ1n) is 10.0. The van der Waals surface area contributed by atoms with Gasteiger partial charge in [-0.1, -0.05) is 87.4 Å². The second-order valence-corrected chi connectivity index (χ2v) is 7.05. The number of hydrogen-bond acceptors (Lipinski definition) is 3. The molecule has 0 aromatic heterocycles. The van der Waals surface area contributed by atoms with Crippen molar-refractivity contribution in [2.75, 3.05) is 13.1 Å². The Kier molecular flexibility index (Phi) is 6.46. The van der Waals surface area contributed by atoms with Crippen molar-refractivity contribution < 1.29 is 9.53 Å². The van der Waals surface area contributed by atoms with Gasteiger partial charge < -0.3 is 4.74 Å². The minimum atomic E-state index is -1.06. The predicted molar refractivity (Wildman–Crippen MR) is 110 cm³/mol. The summed E-state index contributed by atoms with van der Waals surface area (Å²) in [5, 5.41) is 0. The van der Waals surface area contributed by atoms with Gasteiger partial charge in [0.2, 0.25) is 5.78 Å². The Morgan fingerprint density at radius 1 is 0.852 bits per heavy atom. The molecule has 0 radical (unpaired) electrons. The fourth-order valence-electron chi connectivity index (χ4n) is 3.59. The SMILES string of the molecule is CCCCN(CCCC)[C@@]1(c2ccccc2)OC(c2ccccc2)=CC1=O. The van der Waals surface area contributed by atoms with Gasteiger partial charge in [0.05, 0.1) is 0 Å². The Hall–Kier alpha value is -2.39. The van der Waals surface area contributed by atoms with Crippen LogP contribution in [-0.2, 0) is 15.3 Å². The highest BCUT2D eigenvalue weighted by Crippen LogP contribution is 2.42. The Balaban J connectivity index is 2.02. The van der Waals surface area contributed by atoms with Crippen molar-refractivity contribution in [2.45, 2.75) is 45.3 Å². The molecule has 0 bridgehead atoms. The van der Waals surface area contributed by atoms with E-state index in [1.54, 1.807) is 6.08 Å². The van der Waals surface area contributed by atoms with Gasteiger partial charge in [0.1, 0.15) is 5.76 Å². The Morgan fingerprint density at radius 3 is 1.96 bits per heavy atom. The van der Waals surface area contributed by atoms with Gasteiger partial charge in [-0.05, 0) is 12.8 Å². The molecule has 3 heteroatoms. The van der Waals surface area contributed by atoms with Crippen LogP contribution >= 0.6 is 0 Å². The molecule has 0 saturated heterocycles. The molecule has 1 aliphatic rings. The first-order valence-corrected chi connectivity index (χ1v) is 10.0. The molecule has 1 heterocycles. The maximum Gasteiger partial charge on any atom is 0.253 e. The van der Waals surface area contributed by atoms with E-state index in [4.69, 9.17) is 4.74 Å². The highest BCUT2D eigenvalue weighted by molar-refractivity contribution is 6.05. The monoisotopic (exact) mass is 363 g/mol. The van der Waals surface area contributed by atoms with Crippen LogP contribution in [0.25, 0.3) is 5.76 Å². The van der Waals surface area contributed by atoms with Crippen molar-refractivity contribution in [2.24, 2.45) is 0 Å². The fourth-order valence-corrected chi connectivity index (χ4v) is 3.59. The molecule has 0 saturated carbocycles. The molecule has 0 spiro atoms. The van der Waals surface area contributed by atoms with E-state index in [1.165, 1.54) is 0 Å².